The van der Waals surface area contributed by atoms with Crippen molar-refractivity contribution in [2.75, 3.05) is 29.9 Å². The van der Waals surface area contributed by atoms with Crippen LogP contribution in [0.15, 0.2) is 41.4 Å². The van der Waals surface area contributed by atoms with E-state index >= 15 is 0 Å². The second-order valence-electron chi connectivity index (χ2n) is 6.85. The van der Waals surface area contributed by atoms with Gasteiger partial charge in [0.05, 0.1) is 10.8 Å². The van der Waals surface area contributed by atoms with Crippen LogP contribution in [0.5, 0.6) is 0 Å². The fraction of sp³-hybridized carbons (Fsp3) is 0.421. The predicted octanol–water partition coefficient (Wildman–Crippen LogP) is 1.44. The number of aryl methyl sites for hydroxylation is 1. The van der Waals surface area contributed by atoms with Crippen molar-refractivity contribution in [3.05, 3.63) is 36.5 Å². The molecule has 1 aliphatic rings. The van der Waals surface area contributed by atoms with E-state index in [2.05, 4.69) is 10.4 Å². The van der Waals surface area contributed by atoms with Crippen LogP contribution < -0.4 is 10.2 Å². The molecule has 9 nitrogen and oxygen atoms in total. The molecule has 1 atom stereocenters. The third-order valence-corrected chi connectivity index (χ3v) is 7.02. The maximum absolute atomic E-state index is 12.6. The number of carbonyl (C=O) groups is 2. The second kappa shape index (κ2) is 8.34. The van der Waals surface area contributed by atoms with E-state index in [9.17, 15) is 18.0 Å². The van der Waals surface area contributed by atoms with E-state index in [0.717, 1.165) is 0 Å². The van der Waals surface area contributed by atoms with Gasteiger partial charge in [-0.3, -0.25) is 14.3 Å². The molecule has 29 heavy (non-hydrogen) atoms. The number of nitrogens with zero attached hydrogens (tertiary/aromatic N) is 4. The van der Waals surface area contributed by atoms with Crippen LogP contribution in [-0.2, 0) is 26.7 Å². The summed E-state index contributed by atoms with van der Waals surface area (Å²) in [4.78, 5) is 26.6. The Labute approximate surface area is 170 Å². The van der Waals surface area contributed by atoms with Crippen LogP contribution >= 0.6 is 0 Å². The van der Waals surface area contributed by atoms with E-state index in [1.165, 1.54) is 21.3 Å². The highest BCUT2D eigenvalue weighted by molar-refractivity contribution is 7.89. The summed E-state index contributed by atoms with van der Waals surface area (Å²) in [6, 6.07) is 7.89. The summed E-state index contributed by atoms with van der Waals surface area (Å²) >= 11 is 0. The molecule has 1 aliphatic heterocycles. The van der Waals surface area contributed by atoms with Crippen molar-refractivity contribution in [1.82, 2.24) is 14.1 Å². The SMILES string of the molecule is CCN(CC)S(=O)(=O)c1ccc(N2CC(C(=O)Nc3ccn(C)n3)CC2=O)cc1. The summed E-state index contributed by atoms with van der Waals surface area (Å²) in [5.41, 5.74) is 0.571. The lowest BCUT2D eigenvalue weighted by atomic mass is 10.1. The number of anilines is 2. The molecule has 1 N–H and O–H groups in total. The molecular weight excluding hydrogens is 394 g/mol. The molecule has 2 amide bonds. The molecule has 0 radical (unpaired) electrons. The van der Waals surface area contributed by atoms with Gasteiger partial charge >= 0.3 is 0 Å². The zero-order valence-electron chi connectivity index (χ0n) is 16.7. The maximum Gasteiger partial charge on any atom is 0.243 e. The van der Waals surface area contributed by atoms with E-state index < -0.39 is 15.9 Å². The number of sulfonamides is 1. The summed E-state index contributed by atoms with van der Waals surface area (Å²) in [6.07, 6.45) is 1.81. The summed E-state index contributed by atoms with van der Waals surface area (Å²) in [5, 5.41) is 6.82. The summed E-state index contributed by atoms with van der Waals surface area (Å²) in [5.74, 6) is -0.497. The molecule has 0 saturated carbocycles. The topological polar surface area (TPSA) is 105 Å². The van der Waals surface area contributed by atoms with Crippen molar-refractivity contribution >= 4 is 33.3 Å². The van der Waals surface area contributed by atoms with Crippen LogP contribution in [-0.4, -0.2) is 54.0 Å². The van der Waals surface area contributed by atoms with Gasteiger partial charge in [0.2, 0.25) is 21.8 Å². The first-order chi connectivity index (χ1) is 13.8. The van der Waals surface area contributed by atoms with Gasteiger partial charge in [0.25, 0.3) is 0 Å². The summed E-state index contributed by atoms with van der Waals surface area (Å²) in [6.45, 7) is 4.58. The average Bonchev–Trinajstić information content (AvgIpc) is 3.28. The highest BCUT2D eigenvalue weighted by Crippen LogP contribution is 2.27. The van der Waals surface area contributed by atoms with Gasteiger partial charge in [0, 0.05) is 51.1 Å². The van der Waals surface area contributed by atoms with Crippen LogP contribution in [0, 0.1) is 5.92 Å². The van der Waals surface area contributed by atoms with E-state index in [1.807, 2.05) is 0 Å². The van der Waals surface area contributed by atoms with Gasteiger partial charge in [-0.05, 0) is 24.3 Å². The Bertz CT molecular complexity index is 996. The van der Waals surface area contributed by atoms with Gasteiger partial charge in [-0.2, -0.15) is 9.40 Å². The third kappa shape index (κ3) is 4.33. The first-order valence-corrected chi connectivity index (χ1v) is 10.9. The van der Waals surface area contributed by atoms with Crippen molar-refractivity contribution in [2.24, 2.45) is 13.0 Å². The lowest BCUT2D eigenvalue weighted by Crippen LogP contribution is -2.31. The minimum atomic E-state index is -3.55. The molecule has 1 aromatic heterocycles. The third-order valence-electron chi connectivity index (χ3n) is 4.95. The molecule has 10 heteroatoms. The van der Waals surface area contributed by atoms with Crippen LogP contribution in [0.3, 0.4) is 0 Å². The number of hydrogen-bond acceptors (Lipinski definition) is 5. The Morgan fingerprint density at radius 1 is 1.21 bits per heavy atom. The minimum Gasteiger partial charge on any atom is -0.312 e. The fourth-order valence-corrected chi connectivity index (χ4v) is 4.81. The Kier molecular flexibility index (Phi) is 6.04. The Hall–Kier alpha value is -2.72. The number of hydrogen-bond donors (Lipinski definition) is 1. The summed E-state index contributed by atoms with van der Waals surface area (Å²) < 4.78 is 28.1. The average molecular weight is 420 g/mol. The predicted molar refractivity (Wildman–Crippen MR) is 109 cm³/mol. The lowest BCUT2D eigenvalue weighted by molar-refractivity contribution is -0.122. The normalized spacial score (nSPS) is 17.2. The Balaban J connectivity index is 1.71. The molecule has 2 heterocycles. The highest BCUT2D eigenvalue weighted by Gasteiger charge is 2.35. The second-order valence-corrected chi connectivity index (χ2v) is 8.79. The first kappa shape index (κ1) is 21.0. The van der Waals surface area contributed by atoms with Gasteiger partial charge in [-0.15, -0.1) is 0 Å². The van der Waals surface area contributed by atoms with Crippen LogP contribution in [0.4, 0.5) is 11.5 Å². The lowest BCUT2D eigenvalue weighted by Gasteiger charge is -2.20. The number of carbonyl (C=O) groups excluding carboxylic acids is 2. The molecule has 0 spiro atoms. The van der Waals surface area contributed by atoms with E-state index in [0.29, 0.717) is 24.6 Å². The number of nitrogens with one attached hydrogen (secondary N) is 1. The van der Waals surface area contributed by atoms with Crippen molar-refractivity contribution in [1.29, 1.82) is 0 Å². The van der Waals surface area contributed by atoms with Crippen molar-refractivity contribution in [3.8, 4) is 0 Å². The quantitative estimate of drug-likeness (QED) is 0.731. The van der Waals surface area contributed by atoms with Gasteiger partial charge in [0.1, 0.15) is 0 Å². The highest BCUT2D eigenvalue weighted by atomic mass is 32.2. The number of benzene rings is 1. The largest absolute Gasteiger partial charge is 0.312 e. The van der Waals surface area contributed by atoms with Gasteiger partial charge in [-0.25, -0.2) is 8.42 Å². The van der Waals surface area contributed by atoms with E-state index in [1.54, 1.807) is 50.0 Å². The van der Waals surface area contributed by atoms with Crippen LogP contribution in [0.1, 0.15) is 20.3 Å². The van der Waals surface area contributed by atoms with Gasteiger partial charge in [0.15, 0.2) is 5.82 Å². The zero-order valence-corrected chi connectivity index (χ0v) is 17.5. The van der Waals surface area contributed by atoms with E-state index in [4.69, 9.17) is 0 Å². The number of rotatable bonds is 7. The Morgan fingerprint density at radius 2 is 1.86 bits per heavy atom. The maximum atomic E-state index is 12.6. The molecule has 1 fully saturated rings. The molecule has 1 saturated heterocycles. The molecular formula is C19H25N5O4S. The smallest absolute Gasteiger partial charge is 0.243 e. The van der Waals surface area contributed by atoms with E-state index in [-0.39, 0.29) is 29.7 Å². The molecule has 0 bridgehead atoms. The molecule has 156 valence electrons. The minimum absolute atomic E-state index is 0.0954. The first-order valence-electron chi connectivity index (χ1n) is 9.47. The monoisotopic (exact) mass is 419 g/mol. The molecule has 0 aliphatic carbocycles. The van der Waals surface area contributed by atoms with Gasteiger partial charge in [-0.1, -0.05) is 13.8 Å². The van der Waals surface area contributed by atoms with Gasteiger partial charge < -0.3 is 10.2 Å². The van der Waals surface area contributed by atoms with Crippen LogP contribution in [0.2, 0.25) is 0 Å². The number of amides is 2. The van der Waals surface area contributed by atoms with Crippen LogP contribution in [0.25, 0.3) is 0 Å². The number of aromatic nitrogens is 2. The van der Waals surface area contributed by atoms with Crippen molar-refractivity contribution in [2.45, 2.75) is 25.2 Å². The standard InChI is InChI=1S/C19H25N5O4S/c1-4-23(5-2)29(27,28)16-8-6-15(7-9-16)24-13-14(12-18(24)25)19(26)20-17-10-11-22(3)21-17/h6-11,14H,4-5,12-13H2,1-3H3,(H,20,21,26). The fourth-order valence-electron chi connectivity index (χ4n) is 3.35. The molecule has 3 rings (SSSR count). The Morgan fingerprint density at radius 3 is 2.41 bits per heavy atom. The van der Waals surface area contributed by atoms with Crippen molar-refractivity contribution < 1.29 is 18.0 Å². The summed E-state index contributed by atoms with van der Waals surface area (Å²) in [7, 11) is -1.80. The van der Waals surface area contributed by atoms with Crippen molar-refractivity contribution in [3.63, 3.8) is 0 Å². The zero-order chi connectivity index (χ0) is 21.2. The molecule has 1 aromatic carbocycles. The molecule has 2 aromatic rings. The molecule has 1 unspecified atom stereocenters.